The number of aromatic nitrogens is 1. The number of benzene rings is 3. The Kier molecular flexibility index (Phi) is 5.23. The molecule has 3 heterocycles. The molecule has 1 aromatic heterocycles. The van der Waals surface area contributed by atoms with Crippen molar-refractivity contribution < 1.29 is 9.53 Å². The number of hydrogen-bond donors (Lipinski definition) is 0. The van der Waals surface area contributed by atoms with Crippen molar-refractivity contribution >= 4 is 44.4 Å². The molecule has 0 radical (unpaired) electrons. The number of ether oxygens (including phenoxy) is 1. The molecule has 1 amide bonds. The molecule has 3 aromatic carbocycles. The van der Waals surface area contributed by atoms with E-state index in [-0.39, 0.29) is 11.8 Å². The van der Waals surface area contributed by atoms with E-state index in [0.29, 0.717) is 13.1 Å². The van der Waals surface area contributed by atoms with E-state index >= 15 is 0 Å². The van der Waals surface area contributed by atoms with Crippen LogP contribution in [0.1, 0.15) is 17.0 Å². The zero-order valence-electron chi connectivity index (χ0n) is 18.2. The Balaban J connectivity index is 1.23. The lowest BCUT2D eigenvalue weighted by atomic mass is 9.86. The number of anilines is 1. The zero-order chi connectivity index (χ0) is 22.4. The molecular weight excluding hydrogens is 450 g/mol. The van der Waals surface area contributed by atoms with Crippen LogP contribution < -0.4 is 9.64 Å². The highest BCUT2D eigenvalue weighted by Gasteiger charge is 2.36. The Morgan fingerprint density at radius 3 is 2.30 bits per heavy atom. The maximum absolute atomic E-state index is 13.8. The molecule has 2 aliphatic heterocycles. The molecule has 5 nitrogen and oxygen atoms in total. The lowest BCUT2D eigenvalue weighted by molar-refractivity contribution is -0.132. The third kappa shape index (κ3) is 3.65. The van der Waals surface area contributed by atoms with Crippen LogP contribution in [0.5, 0.6) is 11.5 Å². The molecule has 1 fully saturated rings. The number of fused-ring (bicyclic) bond motifs is 3. The molecule has 1 saturated heterocycles. The molecule has 6 rings (SSSR count). The molecular formula is C26H23N3O2S2. The van der Waals surface area contributed by atoms with Gasteiger partial charge in [0.1, 0.15) is 11.5 Å². The van der Waals surface area contributed by atoms with Gasteiger partial charge in [-0.25, -0.2) is 4.98 Å². The van der Waals surface area contributed by atoms with Crippen molar-refractivity contribution in [2.45, 2.75) is 10.8 Å². The van der Waals surface area contributed by atoms with Crippen LogP contribution in [0.3, 0.4) is 0 Å². The number of carbonyl (C=O) groups excluding carboxylic acids is 1. The van der Waals surface area contributed by atoms with Crippen molar-refractivity contribution in [1.82, 2.24) is 9.88 Å². The maximum Gasteiger partial charge on any atom is 0.234 e. The van der Waals surface area contributed by atoms with E-state index in [1.165, 1.54) is 9.60 Å². The summed E-state index contributed by atoms with van der Waals surface area (Å²) in [5.41, 5.74) is 2.93. The molecule has 4 aromatic rings. The van der Waals surface area contributed by atoms with Crippen molar-refractivity contribution in [3.8, 4) is 11.5 Å². The zero-order valence-corrected chi connectivity index (χ0v) is 19.9. The largest absolute Gasteiger partial charge is 0.457 e. The van der Waals surface area contributed by atoms with Crippen LogP contribution in [0.2, 0.25) is 0 Å². The van der Waals surface area contributed by atoms with E-state index in [0.717, 1.165) is 46.4 Å². The Morgan fingerprint density at radius 2 is 1.64 bits per heavy atom. The third-order valence-electron chi connectivity index (χ3n) is 6.37. The molecule has 0 spiro atoms. The fourth-order valence-electron chi connectivity index (χ4n) is 4.63. The average molecular weight is 474 g/mol. The molecule has 2 aliphatic rings. The summed E-state index contributed by atoms with van der Waals surface area (Å²) in [5.74, 6) is 1.36. The van der Waals surface area contributed by atoms with Crippen LogP contribution in [0.25, 0.3) is 10.2 Å². The standard InChI is InChI=1S/C26H23N3O2S2/c1-32-17-10-11-20-23(16-17)33-26(27-20)29-14-12-28(13-15-29)25(30)24-18-6-2-4-8-21(18)31-22-9-5-3-7-19(22)24/h2-11,16,24H,12-15H2,1H3. The normalized spacial score (nSPS) is 15.8. The number of nitrogens with zero attached hydrogens (tertiary/aromatic N) is 3. The van der Waals surface area contributed by atoms with Gasteiger partial charge in [-0.3, -0.25) is 4.79 Å². The molecule has 33 heavy (non-hydrogen) atoms. The number of piperazine rings is 1. The maximum atomic E-state index is 13.8. The van der Waals surface area contributed by atoms with E-state index in [1.54, 1.807) is 23.1 Å². The van der Waals surface area contributed by atoms with Crippen molar-refractivity contribution in [3.63, 3.8) is 0 Å². The van der Waals surface area contributed by atoms with Crippen LogP contribution in [-0.2, 0) is 4.79 Å². The summed E-state index contributed by atoms with van der Waals surface area (Å²) >= 11 is 3.48. The molecule has 7 heteroatoms. The number of hydrogen-bond acceptors (Lipinski definition) is 6. The first-order valence-corrected chi connectivity index (χ1v) is 13.1. The molecule has 0 N–H and O–H groups in total. The van der Waals surface area contributed by atoms with E-state index in [9.17, 15) is 4.79 Å². The molecule has 0 saturated carbocycles. The predicted octanol–water partition coefficient (Wildman–Crippen LogP) is 5.60. The molecule has 0 atom stereocenters. The fourth-order valence-corrected chi connectivity index (χ4v) is 6.20. The van der Waals surface area contributed by atoms with Crippen LogP contribution >= 0.6 is 23.1 Å². The van der Waals surface area contributed by atoms with Crippen molar-refractivity contribution in [1.29, 1.82) is 0 Å². The lowest BCUT2D eigenvalue weighted by Gasteiger charge is -2.37. The number of para-hydroxylation sites is 2. The van der Waals surface area contributed by atoms with Gasteiger partial charge in [0.15, 0.2) is 5.13 Å². The van der Waals surface area contributed by atoms with Gasteiger partial charge in [-0.2, -0.15) is 0 Å². The minimum Gasteiger partial charge on any atom is -0.457 e. The number of amides is 1. The molecule has 0 unspecified atom stereocenters. The van der Waals surface area contributed by atoms with E-state index in [4.69, 9.17) is 9.72 Å². The molecule has 0 bridgehead atoms. The highest BCUT2D eigenvalue weighted by atomic mass is 32.2. The van der Waals surface area contributed by atoms with Gasteiger partial charge in [0, 0.05) is 42.2 Å². The van der Waals surface area contributed by atoms with Gasteiger partial charge in [0.25, 0.3) is 0 Å². The topological polar surface area (TPSA) is 45.7 Å². The minimum atomic E-state index is -0.329. The second kappa shape index (κ2) is 8.39. The van der Waals surface area contributed by atoms with Crippen LogP contribution in [-0.4, -0.2) is 48.2 Å². The van der Waals surface area contributed by atoms with Gasteiger partial charge in [-0.05, 0) is 36.6 Å². The number of thioether (sulfide) groups is 1. The fraction of sp³-hybridized carbons (Fsp3) is 0.231. The van der Waals surface area contributed by atoms with Gasteiger partial charge in [0.05, 0.1) is 16.1 Å². The van der Waals surface area contributed by atoms with E-state index in [1.807, 2.05) is 53.4 Å². The van der Waals surface area contributed by atoms with Crippen LogP contribution in [0, 0.1) is 0 Å². The summed E-state index contributed by atoms with van der Waals surface area (Å²) < 4.78 is 7.29. The first-order valence-electron chi connectivity index (χ1n) is 11.1. The molecule has 0 aliphatic carbocycles. The van der Waals surface area contributed by atoms with Crippen LogP contribution in [0.15, 0.2) is 71.6 Å². The Bertz CT molecular complexity index is 1300. The smallest absolute Gasteiger partial charge is 0.234 e. The van der Waals surface area contributed by atoms with E-state index in [2.05, 4.69) is 29.4 Å². The summed E-state index contributed by atoms with van der Waals surface area (Å²) in [5, 5.41) is 1.04. The van der Waals surface area contributed by atoms with Gasteiger partial charge < -0.3 is 14.5 Å². The van der Waals surface area contributed by atoms with E-state index < -0.39 is 0 Å². The summed E-state index contributed by atoms with van der Waals surface area (Å²) in [7, 11) is 0. The highest BCUT2D eigenvalue weighted by Crippen LogP contribution is 2.44. The SMILES string of the molecule is CSc1ccc2nc(N3CCN(C(=O)C4c5ccccc5Oc5ccccc54)CC3)sc2c1. The monoisotopic (exact) mass is 473 g/mol. The van der Waals surface area contributed by atoms with Gasteiger partial charge in [-0.15, -0.1) is 11.8 Å². The second-order valence-electron chi connectivity index (χ2n) is 8.25. The molecule has 166 valence electrons. The lowest BCUT2D eigenvalue weighted by Crippen LogP contribution is -2.50. The van der Waals surface area contributed by atoms with Gasteiger partial charge in [0.2, 0.25) is 5.91 Å². The summed E-state index contributed by atoms with van der Waals surface area (Å²) in [6.07, 6.45) is 2.09. The van der Waals surface area contributed by atoms with Crippen molar-refractivity contribution in [2.24, 2.45) is 0 Å². The average Bonchev–Trinajstić information content (AvgIpc) is 3.30. The van der Waals surface area contributed by atoms with Gasteiger partial charge >= 0.3 is 0 Å². The Morgan fingerprint density at radius 1 is 0.970 bits per heavy atom. The first kappa shape index (κ1) is 20.6. The van der Waals surface area contributed by atoms with Crippen molar-refractivity contribution in [2.75, 3.05) is 37.3 Å². The number of thiazole rings is 1. The third-order valence-corrected chi connectivity index (χ3v) is 8.18. The highest BCUT2D eigenvalue weighted by molar-refractivity contribution is 7.98. The Hall–Kier alpha value is -3.03. The number of rotatable bonds is 3. The second-order valence-corrected chi connectivity index (χ2v) is 10.1. The summed E-state index contributed by atoms with van der Waals surface area (Å²) in [6.45, 7) is 2.94. The summed E-state index contributed by atoms with van der Waals surface area (Å²) in [4.78, 5) is 24.2. The number of carbonyl (C=O) groups is 1. The van der Waals surface area contributed by atoms with Crippen molar-refractivity contribution in [3.05, 3.63) is 77.9 Å². The van der Waals surface area contributed by atoms with Gasteiger partial charge in [-0.1, -0.05) is 47.7 Å². The Labute approximate surface area is 201 Å². The summed E-state index contributed by atoms with van der Waals surface area (Å²) in [6, 6.07) is 22.2. The first-order chi connectivity index (χ1) is 16.2. The predicted molar refractivity (Wildman–Crippen MR) is 135 cm³/mol. The quantitative estimate of drug-likeness (QED) is 0.362. The van der Waals surface area contributed by atoms with Crippen LogP contribution in [0.4, 0.5) is 5.13 Å². The minimum absolute atomic E-state index is 0.145.